The lowest BCUT2D eigenvalue weighted by Crippen LogP contribution is -2.56. The number of carbonyl (C=O) groups excluding carboxylic acids is 2. The number of benzene rings is 1. The Balaban J connectivity index is 1.29. The fraction of sp³-hybridized carbons (Fsp3) is 0.448. The Morgan fingerprint density at radius 2 is 1.90 bits per heavy atom. The van der Waals surface area contributed by atoms with Crippen LogP contribution < -0.4 is 10.6 Å². The average Bonchev–Trinajstić information content (AvgIpc) is 3.43. The summed E-state index contributed by atoms with van der Waals surface area (Å²) >= 11 is 0. The number of nitrogens with zero attached hydrogens (tertiary/aromatic N) is 3. The first-order valence-corrected chi connectivity index (χ1v) is 13.7. The number of imide groups is 1. The molecule has 1 aliphatic carbocycles. The Kier molecular flexibility index (Phi) is 8.60. The third-order valence-corrected chi connectivity index (χ3v) is 8.22. The van der Waals surface area contributed by atoms with Gasteiger partial charge >= 0.3 is 18.0 Å². The van der Waals surface area contributed by atoms with Crippen LogP contribution in [-0.4, -0.2) is 76.8 Å². The average molecular weight is 570 g/mol. The van der Waals surface area contributed by atoms with E-state index in [0.29, 0.717) is 18.8 Å². The number of hydrogen-bond acceptors (Lipinski definition) is 6. The van der Waals surface area contributed by atoms with Crippen molar-refractivity contribution in [2.75, 3.05) is 26.8 Å². The maximum Gasteiger partial charge on any atom is 0.335 e. The van der Waals surface area contributed by atoms with Gasteiger partial charge in [-0.05, 0) is 75.0 Å². The van der Waals surface area contributed by atoms with Gasteiger partial charge < -0.3 is 25.4 Å². The molecule has 0 bridgehead atoms. The number of piperidine rings is 1. The molecule has 0 spiro atoms. The molecule has 1 saturated carbocycles. The molecule has 2 fully saturated rings. The third-order valence-electron chi connectivity index (χ3n) is 8.22. The number of aliphatic carboxylic acids is 1. The first-order chi connectivity index (χ1) is 19.8. The van der Waals surface area contributed by atoms with Crippen LogP contribution in [0.1, 0.15) is 55.3 Å². The Hall–Kier alpha value is -3.90. The van der Waals surface area contributed by atoms with E-state index in [0.717, 1.165) is 61.1 Å². The SMILES string of the molecule is COCC1=C(C(=O)O)[C@H](c2ccc(F)c(F)c2)N(C(=O)N[C@@H]2CC[C@H](N3CCC(c4ccccn4)CC3)C2)C(=O)N1. The monoisotopic (exact) mass is 569 g/mol. The third kappa shape index (κ3) is 6.08. The van der Waals surface area contributed by atoms with Gasteiger partial charge in [-0.15, -0.1) is 0 Å². The Bertz CT molecular complexity index is 1330. The van der Waals surface area contributed by atoms with Gasteiger partial charge in [-0.3, -0.25) is 4.98 Å². The molecule has 10 nitrogen and oxygen atoms in total. The molecule has 3 N–H and O–H groups in total. The van der Waals surface area contributed by atoms with Gasteiger partial charge in [0.2, 0.25) is 0 Å². The van der Waals surface area contributed by atoms with Crippen molar-refractivity contribution >= 4 is 18.0 Å². The predicted octanol–water partition coefficient (Wildman–Crippen LogP) is 3.92. The van der Waals surface area contributed by atoms with Crippen molar-refractivity contribution in [2.24, 2.45) is 0 Å². The highest BCUT2D eigenvalue weighted by atomic mass is 19.2. The molecule has 2 aromatic rings. The van der Waals surface area contributed by atoms with Crippen molar-refractivity contribution in [3.63, 3.8) is 0 Å². The number of pyridine rings is 1. The number of hydrogen-bond donors (Lipinski definition) is 3. The molecule has 41 heavy (non-hydrogen) atoms. The molecule has 1 aromatic heterocycles. The van der Waals surface area contributed by atoms with Gasteiger partial charge in [0, 0.05) is 37.0 Å². The summed E-state index contributed by atoms with van der Waals surface area (Å²) in [4.78, 5) is 46.7. The Morgan fingerprint density at radius 1 is 1.12 bits per heavy atom. The van der Waals surface area contributed by atoms with E-state index >= 15 is 0 Å². The summed E-state index contributed by atoms with van der Waals surface area (Å²) < 4.78 is 33.0. The number of carbonyl (C=O) groups is 3. The molecule has 1 aromatic carbocycles. The maximum absolute atomic E-state index is 14.2. The molecule has 1 saturated heterocycles. The van der Waals surface area contributed by atoms with Crippen molar-refractivity contribution in [1.29, 1.82) is 0 Å². The van der Waals surface area contributed by atoms with Crippen LogP contribution in [0, 0.1) is 11.6 Å². The number of nitrogens with one attached hydrogen (secondary N) is 2. The van der Waals surface area contributed by atoms with Crippen molar-refractivity contribution in [3.8, 4) is 0 Å². The first-order valence-electron chi connectivity index (χ1n) is 13.7. The number of methoxy groups -OCH3 is 1. The highest BCUT2D eigenvalue weighted by Crippen LogP contribution is 2.36. The normalized spacial score (nSPS) is 23.9. The number of amides is 4. The minimum Gasteiger partial charge on any atom is -0.478 e. The number of urea groups is 2. The second kappa shape index (κ2) is 12.3. The van der Waals surface area contributed by atoms with Crippen LogP contribution in [0.15, 0.2) is 53.9 Å². The van der Waals surface area contributed by atoms with Crippen molar-refractivity contribution in [1.82, 2.24) is 25.4 Å². The molecule has 12 heteroatoms. The van der Waals surface area contributed by atoms with Gasteiger partial charge in [-0.2, -0.15) is 0 Å². The van der Waals surface area contributed by atoms with Crippen LogP contribution in [-0.2, 0) is 9.53 Å². The number of rotatable bonds is 7. The predicted molar refractivity (Wildman–Crippen MR) is 144 cm³/mol. The van der Waals surface area contributed by atoms with Gasteiger partial charge in [0.15, 0.2) is 11.6 Å². The second-order valence-electron chi connectivity index (χ2n) is 10.7. The van der Waals surface area contributed by atoms with Crippen LogP contribution in [0.5, 0.6) is 0 Å². The van der Waals surface area contributed by atoms with Crippen LogP contribution >= 0.6 is 0 Å². The molecule has 3 atom stereocenters. The van der Waals surface area contributed by atoms with E-state index in [4.69, 9.17) is 4.74 Å². The molecule has 4 amide bonds. The molecule has 0 unspecified atom stereocenters. The molecule has 3 aliphatic rings. The summed E-state index contributed by atoms with van der Waals surface area (Å²) in [5.74, 6) is -3.37. The summed E-state index contributed by atoms with van der Waals surface area (Å²) in [5, 5.41) is 15.3. The van der Waals surface area contributed by atoms with E-state index < -0.39 is 35.7 Å². The Labute approximate surface area is 236 Å². The standard InChI is InChI=1S/C29H33F2N5O5/c1-41-16-24-25(27(37)38)26(18-5-8-21(30)22(31)14-18)36(29(40)34-24)28(39)33-19-6-7-20(15-19)35-12-9-17(10-13-35)23-4-2-3-11-32-23/h2-5,8,11,14,17,19-20,26H,6-7,9-10,12-13,15-16H2,1H3,(H,33,39)(H,34,40)(H,37,38)/t19-,20+,26+/m1/s1. The minimum absolute atomic E-state index is 0.0556. The highest BCUT2D eigenvalue weighted by molar-refractivity contribution is 6.01. The zero-order valence-electron chi connectivity index (χ0n) is 22.7. The summed E-state index contributed by atoms with van der Waals surface area (Å²) in [6.07, 6.45) is 6.07. The number of halogens is 2. The smallest absolute Gasteiger partial charge is 0.335 e. The quantitative estimate of drug-likeness (QED) is 0.462. The largest absolute Gasteiger partial charge is 0.478 e. The van der Waals surface area contributed by atoms with Crippen molar-refractivity contribution in [3.05, 3.63) is 76.8 Å². The van der Waals surface area contributed by atoms with Gasteiger partial charge in [0.05, 0.1) is 17.9 Å². The topological polar surface area (TPSA) is 124 Å². The van der Waals surface area contributed by atoms with E-state index in [-0.39, 0.29) is 35.5 Å². The van der Waals surface area contributed by atoms with Crippen molar-refractivity contribution < 1.29 is 33.0 Å². The van der Waals surface area contributed by atoms with Gasteiger partial charge in [-0.25, -0.2) is 28.1 Å². The number of ether oxygens (including phenoxy) is 1. The number of likely N-dealkylation sites (tertiary alicyclic amines) is 1. The van der Waals surface area contributed by atoms with Crippen LogP contribution in [0.25, 0.3) is 0 Å². The van der Waals surface area contributed by atoms with E-state index in [1.54, 1.807) is 0 Å². The first kappa shape index (κ1) is 28.6. The molecular formula is C29H33F2N5O5. The Morgan fingerprint density at radius 3 is 2.56 bits per heavy atom. The summed E-state index contributed by atoms with van der Waals surface area (Å²) in [6, 6.07) is 5.61. The zero-order valence-corrected chi connectivity index (χ0v) is 22.7. The lowest BCUT2D eigenvalue weighted by atomic mass is 9.92. The fourth-order valence-electron chi connectivity index (χ4n) is 6.22. The minimum atomic E-state index is -1.50. The van der Waals surface area contributed by atoms with Crippen molar-refractivity contribution in [2.45, 2.75) is 56.1 Å². The second-order valence-corrected chi connectivity index (χ2v) is 10.7. The molecule has 5 rings (SSSR count). The van der Waals surface area contributed by atoms with Gasteiger partial charge in [0.25, 0.3) is 0 Å². The summed E-state index contributed by atoms with van der Waals surface area (Å²) in [5.41, 5.74) is 0.619. The molecule has 0 radical (unpaired) electrons. The maximum atomic E-state index is 14.2. The van der Waals surface area contributed by atoms with Crippen LogP contribution in [0.2, 0.25) is 0 Å². The van der Waals surface area contributed by atoms with Crippen LogP contribution in [0.3, 0.4) is 0 Å². The van der Waals surface area contributed by atoms with E-state index in [9.17, 15) is 28.3 Å². The molecule has 218 valence electrons. The number of carboxylic acids is 1. The lowest BCUT2D eigenvalue weighted by Gasteiger charge is -2.37. The molecular weight excluding hydrogens is 536 g/mol. The zero-order chi connectivity index (χ0) is 29.1. The molecule has 2 aliphatic heterocycles. The lowest BCUT2D eigenvalue weighted by molar-refractivity contribution is -0.133. The highest BCUT2D eigenvalue weighted by Gasteiger charge is 2.44. The fourth-order valence-corrected chi connectivity index (χ4v) is 6.22. The summed E-state index contributed by atoms with van der Waals surface area (Å²) in [7, 11) is 1.32. The molecule has 3 heterocycles. The van der Waals surface area contributed by atoms with Gasteiger partial charge in [0.1, 0.15) is 6.04 Å². The van der Waals surface area contributed by atoms with Gasteiger partial charge in [-0.1, -0.05) is 12.1 Å². The van der Waals surface area contributed by atoms with E-state index in [1.807, 2.05) is 18.3 Å². The van der Waals surface area contributed by atoms with E-state index in [2.05, 4.69) is 26.6 Å². The summed E-state index contributed by atoms with van der Waals surface area (Å²) in [6.45, 7) is 1.59. The van der Waals surface area contributed by atoms with E-state index in [1.165, 1.54) is 7.11 Å². The number of aromatic nitrogens is 1. The van der Waals surface area contributed by atoms with Crippen LogP contribution in [0.4, 0.5) is 18.4 Å². The number of carboxylic acid groups (broad SMARTS) is 1.